The van der Waals surface area contributed by atoms with E-state index >= 15 is 0 Å². The van der Waals surface area contributed by atoms with Crippen LogP contribution in [0.5, 0.6) is 5.75 Å². The van der Waals surface area contributed by atoms with E-state index in [4.69, 9.17) is 17.0 Å². The maximum absolute atomic E-state index is 12.5. The summed E-state index contributed by atoms with van der Waals surface area (Å²) in [6, 6.07) is 15.7. The molecule has 0 aromatic heterocycles. The number of amides is 1. The predicted octanol–water partition coefficient (Wildman–Crippen LogP) is 5.23. The first-order valence-electron chi connectivity index (χ1n) is 9.15. The molecule has 0 fully saturated rings. The summed E-state index contributed by atoms with van der Waals surface area (Å²) < 4.78 is 6.21. The average Bonchev–Trinajstić information content (AvgIpc) is 3.10. The average molecular weight is 455 g/mol. The molecule has 0 radical (unpaired) electrons. The van der Waals surface area contributed by atoms with Crippen LogP contribution in [0.1, 0.15) is 28.4 Å². The molecule has 6 heteroatoms. The monoisotopic (exact) mass is 454 g/mol. The fourth-order valence-electron chi connectivity index (χ4n) is 3.60. The number of nitrogens with one attached hydrogen (secondary N) is 2. The molecule has 0 aliphatic heterocycles. The quantitative estimate of drug-likeness (QED) is 0.530. The van der Waals surface area contributed by atoms with Gasteiger partial charge >= 0.3 is 0 Å². The molecule has 3 aromatic carbocycles. The van der Waals surface area contributed by atoms with Gasteiger partial charge in [-0.2, -0.15) is 0 Å². The van der Waals surface area contributed by atoms with E-state index in [1.807, 2.05) is 13.0 Å². The number of halogens is 1. The summed E-state index contributed by atoms with van der Waals surface area (Å²) in [7, 11) is 0. The SMILES string of the molecule is CCOc1ccc(C(=O)NC(=S)Nc2ccc3c4c(cccc24)CC3)cc1Br. The number of carbonyl (C=O) groups is 1. The zero-order chi connectivity index (χ0) is 19.7. The zero-order valence-electron chi connectivity index (χ0n) is 15.3. The molecule has 0 unspecified atom stereocenters. The minimum Gasteiger partial charge on any atom is -0.493 e. The Morgan fingerprint density at radius 1 is 1.14 bits per heavy atom. The van der Waals surface area contributed by atoms with Crippen molar-refractivity contribution in [2.45, 2.75) is 19.8 Å². The van der Waals surface area contributed by atoms with Gasteiger partial charge in [0.2, 0.25) is 0 Å². The maximum atomic E-state index is 12.5. The highest BCUT2D eigenvalue weighted by Crippen LogP contribution is 2.35. The van der Waals surface area contributed by atoms with Crippen LogP contribution in [-0.4, -0.2) is 17.6 Å². The van der Waals surface area contributed by atoms with Crippen molar-refractivity contribution in [3.8, 4) is 5.75 Å². The molecule has 0 bridgehead atoms. The topological polar surface area (TPSA) is 50.4 Å². The molecule has 2 N–H and O–H groups in total. The molecule has 142 valence electrons. The largest absolute Gasteiger partial charge is 0.493 e. The Hall–Kier alpha value is -2.44. The third-order valence-electron chi connectivity index (χ3n) is 4.85. The summed E-state index contributed by atoms with van der Waals surface area (Å²) in [5.41, 5.74) is 4.14. The van der Waals surface area contributed by atoms with Crippen LogP contribution in [0.3, 0.4) is 0 Å². The second kappa shape index (κ2) is 7.89. The standard InChI is InChI=1S/C22H19BrN2O2S/c1-2-27-19-11-9-15(12-17(19)23)21(26)25-22(28)24-18-10-8-14-7-6-13-4-3-5-16(18)20(13)14/h3-5,8-12H,2,6-7H2,1H3,(H2,24,25,26,28). The first kappa shape index (κ1) is 18.9. The molecule has 0 saturated carbocycles. The maximum Gasteiger partial charge on any atom is 0.257 e. The van der Waals surface area contributed by atoms with E-state index in [1.54, 1.807) is 18.2 Å². The number of aryl methyl sites for hydroxylation is 2. The molecule has 1 amide bonds. The third-order valence-corrected chi connectivity index (χ3v) is 5.67. The Bertz CT molecular complexity index is 1090. The van der Waals surface area contributed by atoms with Crippen LogP contribution >= 0.6 is 28.1 Å². The van der Waals surface area contributed by atoms with E-state index in [1.165, 1.54) is 16.5 Å². The van der Waals surface area contributed by atoms with E-state index in [9.17, 15) is 4.79 Å². The third kappa shape index (κ3) is 3.62. The molecular weight excluding hydrogens is 436 g/mol. The van der Waals surface area contributed by atoms with Gasteiger partial charge < -0.3 is 10.1 Å². The minimum atomic E-state index is -0.271. The van der Waals surface area contributed by atoms with Crippen molar-refractivity contribution in [2.24, 2.45) is 0 Å². The van der Waals surface area contributed by atoms with Crippen LogP contribution in [0.25, 0.3) is 10.8 Å². The van der Waals surface area contributed by atoms with E-state index in [0.29, 0.717) is 17.9 Å². The molecule has 0 spiro atoms. The second-order valence-corrected chi connectivity index (χ2v) is 7.86. The Morgan fingerprint density at radius 2 is 1.93 bits per heavy atom. The van der Waals surface area contributed by atoms with Crippen LogP contribution in [0.15, 0.2) is 53.0 Å². The van der Waals surface area contributed by atoms with Gasteiger partial charge in [-0.1, -0.05) is 24.3 Å². The molecule has 0 saturated heterocycles. The van der Waals surface area contributed by atoms with Crippen molar-refractivity contribution < 1.29 is 9.53 Å². The minimum absolute atomic E-state index is 0.271. The van der Waals surface area contributed by atoms with Gasteiger partial charge in [-0.3, -0.25) is 10.1 Å². The van der Waals surface area contributed by atoms with E-state index < -0.39 is 0 Å². The number of anilines is 1. The van der Waals surface area contributed by atoms with Gasteiger partial charge in [0.05, 0.1) is 11.1 Å². The van der Waals surface area contributed by atoms with Gasteiger partial charge in [0.15, 0.2) is 5.11 Å². The van der Waals surface area contributed by atoms with E-state index in [2.05, 4.69) is 50.8 Å². The number of thiocarbonyl (C=S) groups is 1. The summed E-state index contributed by atoms with van der Waals surface area (Å²) in [5.74, 6) is 0.430. The lowest BCUT2D eigenvalue weighted by Crippen LogP contribution is -2.34. The van der Waals surface area contributed by atoms with Crippen LogP contribution in [0.2, 0.25) is 0 Å². The number of benzene rings is 3. The van der Waals surface area contributed by atoms with Crippen LogP contribution in [-0.2, 0) is 12.8 Å². The highest BCUT2D eigenvalue weighted by Gasteiger charge is 2.17. The van der Waals surface area contributed by atoms with E-state index in [0.717, 1.165) is 28.4 Å². The number of rotatable bonds is 4. The van der Waals surface area contributed by atoms with Crippen molar-refractivity contribution in [1.29, 1.82) is 0 Å². The number of ether oxygens (including phenoxy) is 1. The van der Waals surface area contributed by atoms with Gasteiger partial charge in [0, 0.05) is 16.6 Å². The smallest absolute Gasteiger partial charge is 0.257 e. The number of hydrogen-bond acceptors (Lipinski definition) is 3. The number of carbonyl (C=O) groups excluding carboxylic acids is 1. The summed E-state index contributed by atoms with van der Waals surface area (Å²) in [6.07, 6.45) is 2.15. The molecule has 0 atom stereocenters. The summed E-state index contributed by atoms with van der Waals surface area (Å²) in [6.45, 7) is 2.48. The molecule has 4 nitrogen and oxygen atoms in total. The molecule has 3 aromatic rings. The fourth-order valence-corrected chi connectivity index (χ4v) is 4.30. The van der Waals surface area contributed by atoms with Crippen LogP contribution < -0.4 is 15.4 Å². The molecule has 1 aliphatic carbocycles. The Labute approximate surface area is 177 Å². The van der Waals surface area contributed by atoms with Crippen LogP contribution in [0.4, 0.5) is 5.69 Å². The molecule has 4 rings (SSSR count). The highest BCUT2D eigenvalue weighted by atomic mass is 79.9. The lowest BCUT2D eigenvalue weighted by molar-refractivity contribution is 0.0977. The zero-order valence-corrected chi connectivity index (χ0v) is 17.7. The summed E-state index contributed by atoms with van der Waals surface area (Å²) >= 11 is 8.81. The lowest BCUT2D eigenvalue weighted by atomic mass is 10.0. The molecule has 0 heterocycles. The summed E-state index contributed by atoms with van der Waals surface area (Å²) in [5, 5.41) is 8.64. The first-order chi connectivity index (χ1) is 13.6. The predicted molar refractivity (Wildman–Crippen MR) is 120 cm³/mol. The molecular formula is C22H19BrN2O2S. The van der Waals surface area contributed by atoms with Gasteiger partial charge in [-0.25, -0.2) is 0 Å². The van der Waals surface area contributed by atoms with Crippen molar-refractivity contribution in [1.82, 2.24) is 5.32 Å². The second-order valence-electron chi connectivity index (χ2n) is 6.60. The van der Waals surface area contributed by atoms with Crippen molar-refractivity contribution >= 4 is 55.6 Å². The Morgan fingerprint density at radius 3 is 2.68 bits per heavy atom. The van der Waals surface area contributed by atoms with Crippen molar-refractivity contribution in [3.05, 3.63) is 69.7 Å². The van der Waals surface area contributed by atoms with Gasteiger partial charge in [0.1, 0.15) is 5.75 Å². The Balaban J connectivity index is 1.50. The molecule has 28 heavy (non-hydrogen) atoms. The van der Waals surface area contributed by atoms with Gasteiger partial charge in [-0.05, 0) is 88.7 Å². The van der Waals surface area contributed by atoms with Crippen LogP contribution in [0, 0.1) is 0 Å². The fraction of sp³-hybridized carbons (Fsp3) is 0.182. The highest BCUT2D eigenvalue weighted by molar-refractivity contribution is 9.10. The number of hydrogen-bond donors (Lipinski definition) is 2. The lowest BCUT2D eigenvalue weighted by Gasteiger charge is -2.13. The van der Waals surface area contributed by atoms with Crippen molar-refractivity contribution in [3.63, 3.8) is 0 Å². The summed E-state index contributed by atoms with van der Waals surface area (Å²) in [4.78, 5) is 12.5. The normalized spacial score (nSPS) is 12.1. The molecule has 1 aliphatic rings. The van der Waals surface area contributed by atoms with Gasteiger partial charge in [0.25, 0.3) is 5.91 Å². The van der Waals surface area contributed by atoms with E-state index in [-0.39, 0.29) is 11.0 Å². The first-order valence-corrected chi connectivity index (χ1v) is 10.3. The Kier molecular flexibility index (Phi) is 5.33. The van der Waals surface area contributed by atoms with Gasteiger partial charge in [-0.15, -0.1) is 0 Å². The van der Waals surface area contributed by atoms with Crippen molar-refractivity contribution in [2.75, 3.05) is 11.9 Å².